The quantitative estimate of drug-likeness (QED) is 0.145. The number of aromatic nitrogens is 4. The first kappa shape index (κ1) is 28.7. The van der Waals surface area contributed by atoms with Gasteiger partial charge in [-0.3, -0.25) is 0 Å². The van der Waals surface area contributed by atoms with Crippen LogP contribution in [0.5, 0.6) is 0 Å². The average Bonchev–Trinajstić information content (AvgIpc) is 3.61. The van der Waals surface area contributed by atoms with Gasteiger partial charge in [-0.05, 0) is 102 Å². The van der Waals surface area contributed by atoms with Gasteiger partial charge in [-0.25, -0.2) is 18.7 Å². The minimum atomic E-state index is -0.330. The van der Waals surface area contributed by atoms with Gasteiger partial charge in [-0.1, -0.05) is 19.6 Å². The van der Waals surface area contributed by atoms with Gasteiger partial charge < -0.3 is 20.6 Å². The molecule has 6 nitrogen and oxygen atoms in total. The van der Waals surface area contributed by atoms with E-state index in [1.807, 2.05) is 19.2 Å². The van der Waals surface area contributed by atoms with Crippen molar-refractivity contribution in [2.45, 2.75) is 21.3 Å². The zero-order valence-corrected chi connectivity index (χ0v) is 25.5. The molecule has 0 spiro atoms. The number of imidazole rings is 2. The molecule has 0 saturated carbocycles. The summed E-state index contributed by atoms with van der Waals surface area (Å²) in [5.41, 5.74) is 6.13. The Morgan fingerprint density at radius 1 is 0.763 bits per heavy atom. The summed E-state index contributed by atoms with van der Waals surface area (Å²) in [5, 5.41) is 8.38. The van der Waals surface area contributed by atoms with Crippen molar-refractivity contribution in [3.05, 3.63) is 75.9 Å². The molecule has 0 aliphatic heterocycles. The number of nitrogens with zero attached hydrogens (tertiary/aromatic N) is 2. The Hall–Kier alpha value is -2.32. The average molecular weight is 747 g/mol. The molecule has 0 aliphatic carbocycles. The molecule has 198 valence electrons. The molecule has 0 atom stereocenters. The van der Waals surface area contributed by atoms with E-state index in [0.29, 0.717) is 34.0 Å². The molecule has 38 heavy (non-hydrogen) atoms. The summed E-state index contributed by atoms with van der Waals surface area (Å²) < 4.78 is 30.1. The number of nitrogens with one attached hydrogen (secondary N) is 4. The fraction of sp³-hybridized carbons (Fsp3) is 0.120. The van der Waals surface area contributed by atoms with Gasteiger partial charge in [0.1, 0.15) is 11.0 Å². The zero-order valence-electron chi connectivity index (χ0n) is 19.1. The highest BCUT2D eigenvalue weighted by Crippen LogP contribution is 2.41. The molecule has 4 aromatic heterocycles. The number of fused-ring (bicyclic) bond motifs is 2. The molecule has 2 aromatic carbocycles. The van der Waals surface area contributed by atoms with Gasteiger partial charge in [-0.15, -0.1) is 22.7 Å². The Balaban J connectivity index is 0.000000173. The highest BCUT2D eigenvalue weighted by molar-refractivity contribution is 9.12. The number of thiophene rings is 2. The standard InChI is InChI=1S/C12H8Br2FN3S.C12H9BrFN3S.CH4/c1-5-8(11(14)19-10(5)13)17-12-16-7-4-2-3-6(15)9(7)18-12;1-6-5-18-11(13)9(6)16-12-15-8-4-2-3-7(14)10(8)17-12;/h2-4H,1H3,(H2,16,17,18);2-5H,1H3,(H2,15,16,17);1H4. The maximum Gasteiger partial charge on any atom is 0.205 e. The highest BCUT2D eigenvalue weighted by atomic mass is 79.9. The van der Waals surface area contributed by atoms with Gasteiger partial charge in [0.15, 0.2) is 11.6 Å². The van der Waals surface area contributed by atoms with E-state index in [2.05, 4.69) is 78.4 Å². The molecule has 4 heterocycles. The van der Waals surface area contributed by atoms with E-state index in [9.17, 15) is 8.78 Å². The predicted molar refractivity (Wildman–Crippen MR) is 167 cm³/mol. The molecule has 0 saturated heterocycles. The van der Waals surface area contributed by atoms with Crippen molar-refractivity contribution in [1.29, 1.82) is 0 Å². The number of H-pyrrole nitrogens is 2. The summed E-state index contributed by atoms with van der Waals surface area (Å²) in [7, 11) is 0. The highest BCUT2D eigenvalue weighted by Gasteiger charge is 2.14. The van der Waals surface area contributed by atoms with Crippen LogP contribution in [0.3, 0.4) is 0 Å². The number of rotatable bonds is 4. The second-order valence-electron chi connectivity index (χ2n) is 7.91. The van der Waals surface area contributed by atoms with Crippen LogP contribution >= 0.6 is 70.5 Å². The number of para-hydroxylation sites is 2. The number of aryl methyl sites for hydroxylation is 1. The van der Waals surface area contributed by atoms with Gasteiger partial charge in [0.05, 0.1) is 33.8 Å². The van der Waals surface area contributed by atoms with Crippen LogP contribution in [0.15, 0.2) is 53.1 Å². The van der Waals surface area contributed by atoms with Crippen molar-refractivity contribution in [2.24, 2.45) is 0 Å². The van der Waals surface area contributed by atoms with Crippen LogP contribution in [0.25, 0.3) is 22.1 Å². The number of benzene rings is 2. The van der Waals surface area contributed by atoms with E-state index in [1.54, 1.807) is 46.9 Å². The van der Waals surface area contributed by atoms with E-state index in [-0.39, 0.29) is 19.1 Å². The lowest BCUT2D eigenvalue weighted by Gasteiger charge is -2.02. The van der Waals surface area contributed by atoms with Gasteiger partial charge in [0.2, 0.25) is 11.9 Å². The van der Waals surface area contributed by atoms with E-state index in [1.165, 1.54) is 12.1 Å². The lowest BCUT2D eigenvalue weighted by Crippen LogP contribution is -1.93. The summed E-state index contributed by atoms with van der Waals surface area (Å²) in [6.45, 7) is 4.00. The summed E-state index contributed by atoms with van der Waals surface area (Å²) in [5.74, 6) is 0.411. The molecule has 0 fully saturated rings. The molecule has 6 aromatic rings. The van der Waals surface area contributed by atoms with E-state index in [4.69, 9.17) is 0 Å². The molecule has 4 N–H and O–H groups in total. The maximum absolute atomic E-state index is 13.6. The van der Waals surface area contributed by atoms with Gasteiger partial charge in [-0.2, -0.15) is 0 Å². The molecule has 0 radical (unpaired) electrons. The van der Waals surface area contributed by atoms with Crippen LogP contribution in [-0.2, 0) is 0 Å². The molecule has 0 unspecified atom stereocenters. The summed E-state index contributed by atoms with van der Waals surface area (Å²) in [6.07, 6.45) is 0. The first-order chi connectivity index (χ1) is 17.7. The maximum atomic E-state index is 13.6. The molecule has 0 bridgehead atoms. The molecular formula is C25H21Br3F2N6S2. The van der Waals surface area contributed by atoms with E-state index >= 15 is 0 Å². The van der Waals surface area contributed by atoms with Crippen molar-refractivity contribution in [1.82, 2.24) is 19.9 Å². The fourth-order valence-corrected chi connectivity index (χ4v) is 7.86. The van der Waals surface area contributed by atoms with E-state index in [0.717, 1.165) is 33.9 Å². The largest absolute Gasteiger partial charge is 0.324 e. The van der Waals surface area contributed by atoms with Crippen LogP contribution in [0, 0.1) is 25.5 Å². The van der Waals surface area contributed by atoms with Crippen molar-refractivity contribution >= 4 is 116 Å². The Labute approximate surface area is 250 Å². The second kappa shape index (κ2) is 11.8. The normalized spacial score (nSPS) is 10.8. The van der Waals surface area contributed by atoms with Crippen molar-refractivity contribution in [3.8, 4) is 0 Å². The topological polar surface area (TPSA) is 81.4 Å². The molecule has 0 aliphatic rings. The third kappa shape index (κ3) is 5.81. The van der Waals surface area contributed by atoms with Crippen LogP contribution in [0.4, 0.5) is 32.1 Å². The Morgan fingerprint density at radius 2 is 1.29 bits per heavy atom. The first-order valence-corrected chi connectivity index (χ1v) is 14.8. The van der Waals surface area contributed by atoms with Crippen LogP contribution in [-0.4, -0.2) is 19.9 Å². The zero-order chi connectivity index (χ0) is 26.3. The lowest BCUT2D eigenvalue weighted by atomic mass is 10.3. The number of anilines is 4. The van der Waals surface area contributed by atoms with Gasteiger partial charge in [0.25, 0.3) is 0 Å². The number of hydrogen-bond donors (Lipinski definition) is 4. The summed E-state index contributed by atoms with van der Waals surface area (Å²) in [4.78, 5) is 14.5. The molecule has 6 rings (SSSR count). The smallest absolute Gasteiger partial charge is 0.205 e. The van der Waals surface area contributed by atoms with Crippen LogP contribution < -0.4 is 10.6 Å². The van der Waals surface area contributed by atoms with Crippen LogP contribution in [0.2, 0.25) is 0 Å². The van der Waals surface area contributed by atoms with Crippen molar-refractivity contribution in [3.63, 3.8) is 0 Å². The summed E-state index contributed by atoms with van der Waals surface area (Å²) >= 11 is 13.6. The minimum Gasteiger partial charge on any atom is -0.324 e. The third-order valence-electron chi connectivity index (χ3n) is 5.39. The number of hydrogen-bond acceptors (Lipinski definition) is 6. The monoisotopic (exact) mass is 744 g/mol. The Morgan fingerprint density at radius 3 is 1.71 bits per heavy atom. The molecule has 13 heteroatoms. The Bertz CT molecular complexity index is 1720. The van der Waals surface area contributed by atoms with Crippen molar-refractivity contribution < 1.29 is 8.78 Å². The second-order valence-corrected chi connectivity index (χ2v) is 13.8. The van der Waals surface area contributed by atoms with Crippen molar-refractivity contribution in [2.75, 3.05) is 10.6 Å². The number of aromatic amines is 2. The summed E-state index contributed by atoms with van der Waals surface area (Å²) in [6, 6.07) is 9.70. The van der Waals surface area contributed by atoms with E-state index < -0.39 is 0 Å². The first-order valence-electron chi connectivity index (χ1n) is 10.7. The van der Waals surface area contributed by atoms with Crippen LogP contribution in [0.1, 0.15) is 18.6 Å². The SMILES string of the molecule is C.Cc1c(Br)sc(Br)c1Nc1nc2c(F)cccc2[nH]1.Cc1csc(Br)c1Nc1nc2c(F)cccc2[nH]1. The predicted octanol–water partition coefficient (Wildman–Crippen LogP) is 10.6. The minimum absolute atomic E-state index is 0. The molecule has 0 amide bonds. The fourth-order valence-electron chi connectivity index (χ4n) is 3.51. The molecular weight excluding hydrogens is 726 g/mol. The number of halogens is 5. The lowest BCUT2D eigenvalue weighted by molar-refractivity contribution is 0.637. The van der Waals surface area contributed by atoms with Gasteiger partial charge in [0, 0.05) is 0 Å². The van der Waals surface area contributed by atoms with Gasteiger partial charge >= 0.3 is 0 Å². The Kier molecular flexibility index (Phi) is 8.92. The third-order valence-corrected chi connectivity index (χ3v) is 10.1.